The molecule has 0 aliphatic carbocycles. The van der Waals surface area contributed by atoms with E-state index in [1.165, 1.54) is 19.4 Å². The highest BCUT2D eigenvalue weighted by Gasteiger charge is 2.13. The molecule has 2 rings (SSSR count). The van der Waals surface area contributed by atoms with E-state index in [1.807, 2.05) is 0 Å². The summed E-state index contributed by atoms with van der Waals surface area (Å²) in [6, 6.07) is 6.45. The third-order valence-electron chi connectivity index (χ3n) is 2.30. The molecule has 0 saturated heterocycles. The number of carbonyl (C=O) groups is 1. The second kappa shape index (κ2) is 5.01. The van der Waals surface area contributed by atoms with Gasteiger partial charge in [0.2, 0.25) is 0 Å². The summed E-state index contributed by atoms with van der Waals surface area (Å²) in [6.07, 6.45) is 1.38. The Morgan fingerprint density at radius 1 is 1.39 bits per heavy atom. The first-order chi connectivity index (χ1) is 8.63. The Hall–Kier alpha value is -2.14. The quantitative estimate of drug-likeness (QED) is 0.922. The third kappa shape index (κ3) is 2.26. The molecule has 0 amide bonds. The van der Waals surface area contributed by atoms with Gasteiger partial charge in [0.25, 0.3) is 0 Å². The average Bonchev–Trinajstić information content (AvgIpc) is 2.39. The normalized spacial score (nSPS) is 10.1. The van der Waals surface area contributed by atoms with Gasteiger partial charge in [-0.25, -0.2) is 14.8 Å². The number of benzene rings is 1. The first kappa shape index (κ1) is 12.3. The second-order valence-electron chi connectivity index (χ2n) is 3.39. The number of carboxylic acid groups (broad SMARTS) is 1. The molecule has 6 heteroatoms. The second-order valence-corrected chi connectivity index (χ2v) is 3.77. The fourth-order valence-corrected chi connectivity index (χ4v) is 1.74. The van der Waals surface area contributed by atoms with Crippen LogP contribution in [0.1, 0.15) is 10.5 Å². The van der Waals surface area contributed by atoms with Crippen LogP contribution in [0.5, 0.6) is 5.75 Å². The molecule has 1 aromatic heterocycles. The van der Waals surface area contributed by atoms with Gasteiger partial charge in [-0.3, -0.25) is 0 Å². The van der Waals surface area contributed by atoms with Gasteiger partial charge in [-0.1, -0.05) is 17.7 Å². The number of nitrogens with zero attached hydrogens (tertiary/aromatic N) is 2. The lowest BCUT2D eigenvalue weighted by atomic mass is 10.2. The van der Waals surface area contributed by atoms with Crippen LogP contribution in [-0.2, 0) is 0 Å². The van der Waals surface area contributed by atoms with E-state index in [1.54, 1.807) is 18.2 Å². The van der Waals surface area contributed by atoms with Crippen LogP contribution in [0.4, 0.5) is 0 Å². The van der Waals surface area contributed by atoms with Gasteiger partial charge in [0.05, 0.1) is 12.1 Å². The minimum absolute atomic E-state index is 0.0844. The predicted molar refractivity (Wildman–Crippen MR) is 66.0 cm³/mol. The lowest BCUT2D eigenvalue weighted by Gasteiger charge is -2.07. The van der Waals surface area contributed by atoms with Crippen molar-refractivity contribution in [1.29, 1.82) is 0 Å². The number of halogens is 1. The molecule has 92 valence electrons. The topological polar surface area (TPSA) is 72.3 Å². The summed E-state index contributed by atoms with van der Waals surface area (Å²) < 4.78 is 5.08. The standard InChI is InChI=1S/C12H9ClN2O3/c1-18-9-4-2-3-7(10(9)13)11-14-6-5-8(15-11)12(16)17/h2-6H,1H3,(H,16,17). The van der Waals surface area contributed by atoms with Crippen LogP contribution >= 0.6 is 11.6 Å². The molecule has 0 aliphatic heterocycles. The van der Waals surface area contributed by atoms with Crippen molar-refractivity contribution < 1.29 is 14.6 Å². The Kier molecular flexibility index (Phi) is 3.43. The molecule has 18 heavy (non-hydrogen) atoms. The SMILES string of the molecule is COc1cccc(-c2nccc(C(=O)O)n2)c1Cl. The Labute approximate surface area is 108 Å². The summed E-state index contributed by atoms with van der Waals surface area (Å²) in [5.74, 6) is -0.380. The number of methoxy groups -OCH3 is 1. The smallest absolute Gasteiger partial charge is 0.354 e. The Balaban J connectivity index is 2.55. The number of aromatic nitrogens is 2. The minimum atomic E-state index is -1.11. The zero-order valence-corrected chi connectivity index (χ0v) is 10.2. The Bertz CT molecular complexity index is 602. The maximum Gasteiger partial charge on any atom is 0.354 e. The Morgan fingerprint density at radius 3 is 2.83 bits per heavy atom. The molecule has 0 unspecified atom stereocenters. The molecule has 1 heterocycles. The molecule has 0 aliphatic rings. The van der Waals surface area contributed by atoms with Crippen molar-refractivity contribution in [2.45, 2.75) is 0 Å². The van der Waals surface area contributed by atoms with Crippen LogP contribution in [-0.4, -0.2) is 28.2 Å². The zero-order chi connectivity index (χ0) is 13.1. The Morgan fingerprint density at radius 2 is 2.17 bits per heavy atom. The van der Waals surface area contributed by atoms with E-state index >= 15 is 0 Å². The van der Waals surface area contributed by atoms with Crippen molar-refractivity contribution in [3.05, 3.63) is 41.2 Å². The van der Waals surface area contributed by atoms with E-state index in [9.17, 15) is 4.79 Å². The van der Waals surface area contributed by atoms with E-state index in [0.29, 0.717) is 16.3 Å². The van der Waals surface area contributed by atoms with Gasteiger partial charge in [-0.05, 0) is 18.2 Å². The van der Waals surface area contributed by atoms with Gasteiger partial charge < -0.3 is 9.84 Å². The molecule has 1 aromatic carbocycles. The van der Waals surface area contributed by atoms with Gasteiger partial charge in [-0.15, -0.1) is 0 Å². The lowest BCUT2D eigenvalue weighted by molar-refractivity contribution is 0.0690. The fraction of sp³-hybridized carbons (Fsp3) is 0.0833. The highest BCUT2D eigenvalue weighted by atomic mass is 35.5. The molecular formula is C12H9ClN2O3. The first-order valence-corrected chi connectivity index (χ1v) is 5.40. The van der Waals surface area contributed by atoms with Crippen molar-refractivity contribution >= 4 is 17.6 Å². The van der Waals surface area contributed by atoms with Crippen LogP contribution in [0.2, 0.25) is 5.02 Å². The zero-order valence-electron chi connectivity index (χ0n) is 9.42. The molecule has 1 N–H and O–H groups in total. The molecule has 0 atom stereocenters. The summed E-state index contributed by atoms with van der Waals surface area (Å²) in [5, 5.41) is 9.23. The number of aromatic carboxylic acids is 1. The number of ether oxygens (including phenoxy) is 1. The lowest BCUT2D eigenvalue weighted by Crippen LogP contribution is -2.02. The van der Waals surface area contributed by atoms with Crippen molar-refractivity contribution in [3.8, 4) is 17.1 Å². The minimum Gasteiger partial charge on any atom is -0.495 e. The summed E-state index contributed by atoms with van der Waals surface area (Å²) in [6.45, 7) is 0. The molecule has 0 bridgehead atoms. The van der Waals surface area contributed by atoms with Crippen molar-refractivity contribution in [3.63, 3.8) is 0 Å². The van der Waals surface area contributed by atoms with Crippen LogP contribution < -0.4 is 4.74 Å². The summed E-state index contributed by atoms with van der Waals surface area (Å²) in [5.41, 5.74) is 0.443. The monoisotopic (exact) mass is 264 g/mol. The van der Waals surface area contributed by atoms with E-state index in [0.717, 1.165) is 0 Å². The molecule has 0 saturated carbocycles. The van der Waals surface area contributed by atoms with Crippen LogP contribution in [0.3, 0.4) is 0 Å². The molecular weight excluding hydrogens is 256 g/mol. The van der Waals surface area contributed by atoms with E-state index in [4.69, 9.17) is 21.4 Å². The number of hydrogen-bond acceptors (Lipinski definition) is 4. The molecule has 5 nitrogen and oxygen atoms in total. The first-order valence-electron chi connectivity index (χ1n) is 5.02. The molecule has 0 fully saturated rings. The van der Waals surface area contributed by atoms with Crippen molar-refractivity contribution in [2.24, 2.45) is 0 Å². The highest BCUT2D eigenvalue weighted by molar-refractivity contribution is 6.34. The van der Waals surface area contributed by atoms with E-state index < -0.39 is 5.97 Å². The van der Waals surface area contributed by atoms with Crippen LogP contribution in [0.25, 0.3) is 11.4 Å². The number of rotatable bonds is 3. The maximum absolute atomic E-state index is 10.8. The molecule has 0 radical (unpaired) electrons. The van der Waals surface area contributed by atoms with Crippen LogP contribution in [0.15, 0.2) is 30.5 Å². The summed E-state index contributed by atoms with van der Waals surface area (Å²) in [7, 11) is 1.50. The van der Waals surface area contributed by atoms with Gasteiger partial charge in [-0.2, -0.15) is 0 Å². The number of carboxylic acids is 1. The summed E-state index contributed by atoms with van der Waals surface area (Å²) >= 11 is 6.12. The van der Waals surface area contributed by atoms with Gasteiger partial charge in [0, 0.05) is 11.8 Å². The molecule has 2 aromatic rings. The third-order valence-corrected chi connectivity index (χ3v) is 2.69. The molecule has 0 spiro atoms. The van der Waals surface area contributed by atoms with E-state index in [-0.39, 0.29) is 11.5 Å². The fourth-order valence-electron chi connectivity index (χ4n) is 1.45. The average molecular weight is 265 g/mol. The van der Waals surface area contributed by atoms with Crippen molar-refractivity contribution in [1.82, 2.24) is 9.97 Å². The number of hydrogen-bond donors (Lipinski definition) is 1. The van der Waals surface area contributed by atoms with Crippen molar-refractivity contribution in [2.75, 3.05) is 7.11 Å². The van der Waals surface area contributed by atoms with Crippen LogP contribution in [0, 0.1) is 0 Å². The largest absolute Gasteiger partial charge is 0.495 e. The van der Waals surface area contributed by atoms with E-state index in [2.05, 4.69) is 9.97 Å². The van der Waals surface area contributed by atoms with Gasteiger partial charge >= 0.3 is 5.97 Å². The van der Waals surface area contributed by atoms with Gasteiger partial charge in [0.15, 0.2) is 11.5 Å². The maximum atomic E-state index is 10.8. The summed E-state index contributed by atoms with van der Waals surface area (Å²) in [4.78, 5) is 18.8. The highest BCUT2D eigenvalue weighted by Crippen LogP contribution is 2.33. The predicted octanol–water partition coefficient (Wildman–Crippen LogP) is 2.50. The van der Waals surface area contributed by atoms with Gasteiger partial charge in [0.1, 0.15) is 5.75 Å².